The smallest absolute Gasteiger partial charge is 0.194 e. The highest BCUT2D eigenvalue weighted by molar-refractivity contribution is 5.57. The fraction of sp³-hybridized carbons (Fsp3) is 0.250. The predicted molar refractivity (Wildman–Crippen MR) is 74.1 cm³/mol. The molecule has 108 valence electrons. The molecule has 0 aromatic heterocycles. The summed E-state index contributed by atoms with van der Waals surface area (Å²) in [5.74, 6) is -1.96. The number of nitrogens with one attached hydrogen (secondary N) is 1. The first-order valence-corrected chi connectivity index (χ1v) is 6.85. The van der Waals surface area contributed by atoms with Crippen LogP contribution in [0.15, 0.2) is 30.3 Å². The van der Waals surface area contributed by atoms with Crippen molar-refractivity contribution in [1.82, 2.24) is 5.32 Å². The van der Waals surface area contributed by atoms with Crippen LogP contribution in [0, 0.1) is 5.82 Å². The summed E-state index contributed by atoms with van der Waals surface area (Å²) in [5, 5.41) is 22.6. The number of benzene rings is 2. The van der Waals surface area contributed by atoms with E-state index in [-0.39, 0.29) is 12.0 Å². The van der Waals surface area contributed by atoms with E-state index in [0.29, 0.717) is 24.5 Å². The minimum Gasteiger partial charge on any atom is -0.504 e. The van der Waals surface area contributed by atoms with Crippen LogP contribution in [0.25, 0.3) is 0 Å². The minimum absolute atomic E-state index is 0.0501. The zero-order chi connectivity index (χ0) is 14.6. The van der Waals surface area contributed by atoms with E-state index in [2.05, 4.69) is 5.32 Å². The quantitative estimate of drug-likeness (QED) is 0.650. The lowest BCUT2D eigenvalue weighted by Gasteiger charge is -2.39. The summed E-state index contributed by atoms with van der Waals surface area (Å²) in [7, 11) is 0. The lowest BCUT2D eigenvalue weighted by molar-refractivity contribution is 0.209. The molecule has 0 spiro atoms. The van der Waals surface area contributed by atoms with Crippen molar-refractivity contribution in [3.05, 3.63) is 52.8 Å². The molecule has 0 bridgehead atoms. The Hall–Kier alpha value is -2.27. The van der Waals surface area contributed by atoms with Crippen LogP contribution in [0.5, 0.6) is 17.2 Å². The molecule has 2 aromatic carbocycles. The van der Waals surface area contributed by atoms with Crippen molar-refractivity contribution in [3.8, 4) is 17.2 Å². The first kappa shape index (κ1) is 12.5. The average molecular weight is 287 g/mol. The van der Waals surface area contributed by atoms with Gasteiger partial charge >= 0.3 is 0 Å². The van der Waals surface area contributed by atoms with Crippen molar-refractivity contribution in [3.63, 3.8) is 0 Å². The van der Waals surface area contributed by atoms with Crippen LogP contribution < -0.4 is 10.1 Å². The Kier molecular flexibility index (Phi) is 2.59. The van der Waals surface area contributed by atoms with Gasteiger partial charge in [-0.05, 0) is 11.1 Å². The van der Waals surface area contributed by atoms with Gasteiger partial charge < -0.3 is 20.3 Å². The Morgan fingerprint density at radius 2 is 2.05 bits per heavy atom. The van der Waals surface area contributed by atoms with Crippen LogP contribution in [-0.4, -0.2) is 22.9 Å². The standard InChI is InChI=1S/C16H14FNO3/c17-15-14-12(5-11(19)16(15)20)21-7-10-13(14)9-4-2-1-3-8(9)6-18-10/h1-5,10,13,18-20H,6-7H2. The molecule has 4 rings (SSSR count). The molecule has 0 aliphatic carbocycles. The molecule has 21 heavy (non-hydrogen) atoms. The molecule has 0 saturated carbocycles. The number of rotatable bonds is 0. The van der Waals surface area contributed by atoms with E-state index in [9.17, 15) is 14.6 Å². The SMILES string of the molecule is Oc1cc2c(c(F)c1O)C1c3ccccc3CNC1CO2. The highest BCUT2D eigenvalue weighted by atomic mass is 19.1. The van der Waals surface area contributed by atoms with E-state index in [1.54, 1.807) is 0 Å². The fourth-order valence-corrected chi connectivity index (χ4v) is 3.29. The summed E-state index contributed by atoms with van der Waals surface area (Å²) in [6.07, 6.45) is 0. The third-order valence-corrected chi connectivity index (χ3v) is 4.30. The van der Waals surface area contributed by atoms with Gasteiger partial charge in [0, 0.05) is 24.1 Å². The van der Waals surface area contributed by atoms with E-state index >= 15 is 0 Å². The van der Waals surface area contributed by atoms with Crippen molar-refractivity contribution in [2.75, 3.05) is 6.61 Å². The average Bonchev–Trinajstić information content (AvgIpc) is 2.52. The van der Waals surface area contributed by atoms with Gasteiger partial charge in [-0.3, -0.25) is 0 Å². The van der Waals surface area contributed by atoms with Crippen LogP contribution in [-0.2, 0) is 6.54 Å². The largest absolute Gasteiger partial charge is 0.504 e. The number of phenolic OH excluding ortho intramolecular Hbond substituents is 2. The second-order valence-electron chi connectivity index (χ2n) is 5.44. The molecule has 2 aliphatic rings. The van der Waals surface area contributed by atoms with E-state index in [4.69, 9.17) is 4.74 Å². The molecular weight excluding hydrogens is 273 g/mol. The first-order chi connectivity index (χ1) is 10.2. The van der Waals surface area contributed by atoms with Crippen LogP contribution in [0.3, 0.4) is 0 Å². The maximum Gasteiger partial charge on any atom is 0.194 e. The van der Waals surface area contributed by atoms with Crippen LogP contribution in [0.4, 0.5) is 4.39 Å². The highest BCUT2D eigenvalue weighted by Gasteiger charge is 2.39. The molecule has 2 aromatic rings. The molecule has 0 radical (unpaired) electrons. The van der Waals surface area contributed by atoms with Crippen LogP contribution in [0.1, 0.15) is 22.6 Å². The zero-order valence-electron chi connectivity index (χ0n) is 11.1. The number of hydrogen-bond acceptors (Lipinski definition) is 4. The Labute approximate surface area is 120 Å². The van der Waals surface area contributed by atoms with Gasteiger partial charge in [0.25, 0.3) is 0 Å². The number of phenols is 2. The van der Waals surface area contributed by atoms with Crippen molar-refractivity contribution >= 4 is 0 Å². The molecule has 4 nitrogen and oxygen atoms in total. The van der Waals surface area contributed by atoms with Gasteiger partial charge in [-0.1, -0.05) is 24.3 Å². The van der Waals surface area contributed by atoms with Gasteiger partial charge in [-0.2, -0.15) is 0 Å². The van der Waals surface area contributed by atoms with Gasteiger partial charge in [0.15, 0.2) is 17.3 Å². The van der Waals surface area contributed by atoms with Gasteiger partial charge in [0.05, 0.1) is 6.04 Å². The van der Waals surface area contributed by atoms with E-state index in [1.165, 1.54) is 6.07 Å². The molecule has 2 heterocycles. The molecule has 2 unspecified atom stereocenters. The number of ether oxygens (including phenoxy) is 1. The van der Waals surface area contributed by atoms with Gasteiger partial charge in [0.2, 0.25) is 0 Å². The topological polar surface area (TPSA) is 61.7 Å². The van der Waals surface area contributed by atoms with Crippen LogP contribution in [0.2, 0.25) is 0 Å². The molecule has 5 heteroatoms. The maximum atomic E-state index is 14.5. The monoisotopic (exact) mass is 287 g/mol. The molecule has 0 fully saturated rings. The summed E-state index contributed by atoms with van der Waals surface area (Å²) < 4.78 is 20.0. The number of fused-ring (bicyclic) bond motifs is 5. The third-order valence-electron chi connectivity index (χ3n) is 4.30. The normalized spacial score (nSPS) is 22.7. The Bertz CT molecular complexity index is 732. The van der Waals surface area contributed by atoms with Crippen molar-refractivity contribution < 1.29 is 19.3 Å². The maximum absolute atomic E-state index is 14.5. The predicted octanol–water partition coefficient (Wildman–Crippen LogP) is 2.23. The second kappa shape index (κ2) is 4.36. The van der Waals surface area contributed by atoms with Crippen molar-refractivity contribution in [1.29, 1.82) is 0 Å². The number of aromatic hydroxyl groups is 2. The molecule has 2 aliphatic heterocycles. The highest BCUT2D eigenvalue weighted by Crippen LogP contribution is 2.47. The summed E-state index contributed by atoms with van der Waals surface area (Å²) >= 11 is 0. The summed E-state index contributed by atoms with van der Waals surface area (Å²) in [5.41, 5.74) is 2.45. The molecule has 0 saturated heterocycles. The fourth-order valence-electron chi connectivity index (χ4n) is 3.29. The van der Waals surface area contributed by atoms with E-state index in [1.807, 2.05) is 24.3 Å². The molecule has 0 amide bonds. The van der Waals surface area contributed by atoms with Crippen molar-refractivity contribution in [2.45, 2.75) is 18.5 Å². The molecule has 2 atom stereocenters. The Morgan fingerprint density at radius 3 is 2.90 bits per heavy atom. The Morgan fingerprint density at radius 1 is 1.24 bits per heavy atom. The second-order valence-corrected chi connectivity index (χ2v) is 5.44. The number of halogens is 1. The summed E-state index contributed by atoms with van der Waals surface area (Å²) in [6.45, 7) is 1.11. The number of hydrogen-bond donors (Lipinski definition) is 3. The van der Waals surface area contributed by atoms with E-state index < -0.39 is 17.3 Å². The summed E-state index contributed by atoms with van der Waals surface area (Å²) in [6, 6.07) is 9.09. The third kappa shape index (κ3) is 1.70. The minimum atomic E-state index is -0.807. The van der Waals surface area contributed by atoms with Crippen molar-refractivity contribution in [2.24, 2.45) is 0 Å². The van der Waals surface area contributed by atoms with Gasteiger partial charge in [0.1, 0.15) is 12.4 Å². The lowest BCUT2D eigenvalue weighted by atomic mass is 9.78. The van der Waals surface area contributed by atoms with E-state index in [0.717, 1.165) is 11.1 Å². The van der Waals surface area contributed by atoms with Crippen LogP contribution >= 0.6 is 0 Å². The summed E-state index contributed by atoms with van der Waals surface area (Å²) in [4.78, 5) is 0. The van der Waals surface area contributed by atoms with Gasteiger partial charge in [-0.15, -0.1) is 0 Å². The van der Waals surface area contributed by atoms with Gasteiger partial charge in [-0.25, -0.2) is 4.39 Å². The molecule has 3 N–H and O–H groups in total. The molecular formula is C16H14FNO3. The first-order valence-electron chi connectivity index (χ1n) is 6.85. The zero-order valence-corrected chi connectivity index (χ0v) is 11.1. The Balaban J connectivity index is 1.97. The lowest BCUT2D eigenvalue weighted by Crippen LogP contribution is -2.46.